The highest BCUT2D eigenvalue weighted by Gasteiger charge is 2.22. The lowest BCUT2D eigenvalue weighted by Gasteiger charge is -2.17. The van der Waals surface area contributed by atoms with Crippen LogP contribution in [0.2, 0.25) is 0 Å². The van der Waals surface area contributed by atoms with E-state index in [0.29, 0.717) is 4.47 Å². The van der Waals surface area contributed by atoms with E-state index < -0.39 is 32.9 Å². The van der Waals surface area contributed by atoms with E-state index in [0.717, 1.165) is 6.07 Å². The maximum absolute atomic E-state index is 14.2. The van der Waals surface area contributed by atoms with Crippen molar-refractivity contribution in [2.75, 3.05) is 12.4 Å². The first kappa shape index (κ1) is 21.3. The smallest absolute Gasteiger partial charge is 0.244 e. The molecule has 0 saturated carbocycles. The summed E-state index contributed by atoms with van der Waals surface area (Å²) < 4.78 is 48.1. The van der Waals surface area contributed by atoms with Gasteiger partial charge in [-0.25, -0.2) is 22.9 Å². The molecule has 0 radical (unpaired) electrons. The number of nitrogens with zero attached hydrogens (tertiary/aromatic N) is 2. The van der Waals surface area contributed by atoms with Crippen molar-refractivity contribution >= 4 is 37.6 Å². The summed E-state index contributed by atoms with van der Waals surface area (Å²) in [6.45, 7) is 3.24. The lowest BCUT2D eigenvalue weighted by molar-refractivity contribution is 0.0569. The molecule has 2 rings (SSSR count). The van der Waals surface area contributed by atoms with Crippen LogP contribution in [0.5, 0.6) is 11.6 Å². The third kappa shape index (κ3) is 5.25. The van der Waals surface area contributed by atoms with Gasteiger partial charge >= 0.3 is 0 Å². The minimum atomic E-state index is -4.31. The zero-order valence-electron chi connectivity index (χ0n) is 14.6. The fourth-order valence-electron chi connectivity index (χ4n) is 1.97. The largest absolute Gasteiger partial charge is 0.495 e. The van der Waals surface area contributed by atoms with E-state index >= 15 is 0 Å². The number of aromatic nitrogens is 2. The van der Waals surface area contributed by atoms with Crippen molar-refractivity contribution < 1.29 is 27.4 Å². The third-order valence-corrected chi connectivity index (χ3v) is 4.97. The Labute approximate surface area is 163 Å². The van der Waals surface area contributed by atoms with Gasteiger partial charge in [-0.15, -0.1) is 0 Å². The van der Waals surface area contributed by atoms with E-state index in [-0.39, 0.29) is 23.3 Å². The average Bonchev–Trinajstić information content (AvgIpc) is 2.55. The molecule has 0 saturated heterocycles. The molecule has 27 heavy (non-hydrogen) atoms. The topological polar surface area (TPSA) is 137 Å². The summed E-state index contributed by atoms with van der Waals surface area (Å²) in [4.78, 5) is 7.41. The van der Waals surface area contributed by atoms with Crippen LogP contribution < -0.4 is 19.9 Å². The van der Waals surface area contributed by atoms with E-state index in [1.165, 1.54) is 19.4 Å². The second-order valence-electron chi connectivity index (χ2n) is 5.57. The molecule has 1 aromatic heterocycles. The van der Waals surface area contributed by atoms with E-state index in [1.54, 1.807) is 13.8 Å². The summed E-state index contributed by atoms with van der Waals surface area (Å²) in [5.41, 5.74) is 0.133. The fraction of sp³-hybridized carbons (Fsp3) is 0.333. The lowest BCUT2D eigenvalue weighted by atomic mass is 10.3. The number of hydrogen-bond acceptors (Lipinski definition) is 8. The second kappa shape index (κ2) is 8.33. The summed E-state index contributed by atoms with van der Waals surface area (Å²) in [7, 11) is -3.12. The molecule has 0 unspecified atom stereocenters. The number of methoxy groups -OCH3 is 1. The molecule has 1 aromatic carbocycles. The molecule has 2 atom stereocenters. The van der Waals surface area contributed by atoms with Crippen LogP contribution in [-0.4, -0.2) is 42.8 Å². The van der Waals surface area contributed by atoms with Gasteiger partial charge in [0.25, 0.3) is 0 Å². The summed E-state index contributed by atoms with van der Waals surface area (Å²) in [5, 5.41) is 17.3. The van der Waals surface area contributed by atoms with Gasteiger partial charge in [0.1, 0.15) is 17.7 Å². The van der Waals surface area contributed by atoms with Crippen molar-refractivity contribution in [2.24, 2.45) is 5.14 Å². The number of aliphatic hydroxyl groups excluding tert-OH is 1. The van der Waals surface area contributed by atoms with Crippen LogP contribution in [0.25, 0.3) is 0 Å². The van der Waals surface area contributed by atoms with Gasteiger partial charge in [0.2, 0.25) is 21.9 Å². The Morgan fingerprint density at radius 3 is 2.59 bits per heavy atom. The van der Waals surface area contributed by atoms with E-state index in [2.05, 4.69) is 31.2 Å². The van der Waals surface area contributed by atoms with Crippen LogP contribution in [0.4, 0.5) is 16.0 Å². The first-order valence-electron chi connectivity index (χ1n) is 7.57. The normalized spacial score (nSPS) is 13.7. The minimum absolute atomic E-state index is 0.0517. The van der Waals surface area contributed by atoms with Crippen molar-refractivity contribution in [1.29, 1.82) is 0 Å². The Balaban J connectivity index is 2.36. The molecule has 0 aliphatic rings. The first-order chi connectivity index (χ1) is 12.5. The highest BCUT2D eigenvalue weighted by molar-refractivity contribution is 9.10. The number of sulfonamides is 1. The summed E-state index contributed by atoms with van der Waals surface area (Å²) in [5.74, 6) is -1.14. The van der Waals surface area contributed by atoms with Crippen LogP contribution >= 0.6 is 15.9 Å². The summed E-state index contributed by atoms with van der Waals surface area (Å²) in [6, 6.07) is 2.17. The van der Waals surface area contributed by atoms with Gasteiger partial charge in [0.05, 0.1) is 23.9 Å². The highest BCUT2D eigenvalue weighted by atomic mass is 79.9. The van der Waals surface area contributed by atoms with Crippen LogP contribution in [0.3, 0.4) is 0 Å². The van der Waals surface area contributed by atoms with E-state index in [4.69, 9.17) is 14.6 Å². The Hall–Kier alpha value is -2.02. The number of primary sulfonamides is 1. The molecule has 0 spiro atoms. The standard InChI is InChI=1S/C15H18BrFN4O5S/c1-7(22)8(2)26-14-10(16)6-19-15(21-14)20-9-4-11(17)13(27(18,23)24)12(5-9)25-3/h4-8,22H,1-3H3,(H2,18,23,24)(H,19,20,21)/t7-,8-/m1/s1. The molecule has 0 aliphatic heterocycles. The van der Waals surface area contributed by atoms with Crippen LogP contribution in [-0.2, 0) is 10.0 Å². The zero-order chi connectivity index (χ0) is 20.4. The van der Waals surface area contributed by atoms with Crippen molar-refractivity contribution in [3.8, 4) is 11.6 Å². The third-order valence-electron chi connectivity index (χ3n) is 3.46. The van der Waals surface area contributed by atoms with Crippen molar-refractivity contribution in [3.63, 3.8) is 0 Å². The fourth-order valence-corrected chi connectivity index (χ4v) is 3.00. The van der Waals surface area contributed by atoms with Gasteiger partial charge in [0, 0.05) is 11.8 Å². The number of rotatable bonds is 7. The number of nitrogens with one attached hydrogen (secondary N) is 1. The van der Waals surface area contributed by atoms with E-state index in [1.807, 2.05) is 0 Å². The van der Waals surface area contributed by atoms with Gasteiger partial charge in [-0.3, -0.25) is 0 Å². The van der Waals surface area contributed by atoms with Crippen LogP contribution in [0.1, 0.15) is 13.8 Å². The van der Waals surface area contributed by atoms with Crippen LogP contribution in [0.15, 0.2) is 27.7 Å². The second-order valence-corrected chi connectivity index (χ2v) is 7.92. The average molecular weight is 465 g/mol. The molecule has 2 aromatic rings. The van der Waals surface area contributed by atoms with Gasteiger partial charge in [-0.2, -0.15) is 4.98 Å². The van der Waals surface area contributed by atoms with Gasteiger partial charge in [-0.05, 0) is 35.8 Å². The number of halogens is 2. The predicted octanol–water partition coefficient (Wildman–Crippen LogP) is 1.93. The molecule has 0 bridgehead atoms. The van der Waals surface area contributed by atoms with Crippen molar-refractivity contribution in [3.05, 3.63) is 28.6 Å². The Morgan fingerprint density at radius 2 is 2.04 bits per heavy atom. The quantitative estimate of drug-likeness (QED) is 0.564. The zero-order valence-corrected chi connectivity index (χ0v) is 17.0. The first-order valence-corrected chi connectivity index (χ1v) is 9.91. The van der Waals surface area contributed by atoms with Crippen molar-refractivity contribution in [2.45, 2.75) is 31.0 Å². The molecule has 1 heterocycles. The maximum Gasteiger partial charge on any atom is 0.244 e. The molecule has 0 fully saturated rings. The Morgan fingerprint density at radius 1 is 1.37 bits per heavy atom. The number of hydrogen-bond donors (Lipinski definition) is 3. The predicted molar refractivity (Wildman–Crippen MR) is 99.1 cm³/mol. The summed E-state index contributed by atoms with van der Waals surface area (Å²) >= 11 is 3.24. The number of benzene rings is 1. The number of aliphatic hydroxyl groups is 1. The van der Waals surface area contributed by atoms with Crippen molar-refractivity contribution in [1.82, 2.24) is 9.97 Å². The number of nitrogens with two attached hydrogens (primary N) is 1. The molecular weight excluding hydrogens is 447 g/mol. The Kier molecular flexibility index (Phi) is 6.57. The van der Waals surface area contributed by atoms with Gasteiger partial charge in [-0.1, -0.05) is 0 Å². The molecule has 148 valence electrons. The van der Waals surface area contributed by atoms with Gasteiger partial charge < -0.3 is 19.9 Å². The molecule has 0 amide bonds. The molecule has 4 N–H and O–H groups in total. The minimum Gasteiger partial charge on any atom is -0.495 e. The molecule has 0 aliphatic carbocycles. The molecular formula is C15H18BrFN4O5S. The summed E-state index contributed by atoms with van der Waals surface area (Å²) in [6.07, 6.45) is 0.147. The monoisotopic (exact) mass is 464 g/mol. The van der Waals surface area contributed by atoms with Crippen LogP contribution in [0, 0.1) is 5.82 Å². The Bertz CT molecular complexity index is 942. The SMILES string of the molecule is COc1cc(Nc2ncc(Br)c(O[C@H](C)[C@@H](C)O)n2)cc(F)c1S(N)(=O)=O. The maximum atomic E-state index is 14.2. The van der Waals surface area contributed by atoms with E-state index in [9.17, 15) is 17.9 Å². The number of anilines is 2. The molecule has 12 heteroatoms. The lowest BCUT2D eigenvalue weighted by Crippen LogP contribution is -2.26. The number of ether oxygens (including phenoxy) is 2. The van der Waals surface area contributed by atoms with Gasteiger partial charge in [0.15, 0.2) is 4.90 Å². The highest BCUT2D eigenvalue weighted by Crippen LogP contribution is 2.31. The molecule has 9 nitrogen and oxygen atoms in total.